The highest BCUT2D eigenvalue weighted by Crippen LogP contribution is 2.33. The molecule has 3 nitrogen and oxygen atoms in total. The number of nitrogens with zero attached hydrogens (tertiary/aromatic N) is 1. The number of benzene rings is 1. The molecule has 2 aliphatic rings. The van der Waals surface area contributed by atoms with E-state index in [1.807, 2.05) is 0 Å². The Kier molecular flexibility index (Phi) is 3.81. The quantitative estimate of drug-likeness (QED) is 0.882. The van der Waals surface area contributed by atoms with Crippen molar-refractivity contribution >= 4 is 5.69 Å². The summed E-state index contributed by atoms with van der Waals surface area (Å²) in [6.45, 7) is 6.38. The molecule has 0 spiro atoms. The van der Waals surface area contributed by atoms with Gasteiger partial charge in [0.1, 0.15) is 0 Å². The largest absolute Gasteiger partial charge is 0.384 e. The van der Waals surface area contributed by atoms with Crippen molar-refractivity contribution in [1.29, 1.82) is 0 Å². The summed E-state index contributed by atoms with van der Waals surface area (Å²) in [5.74, 6) is 0.710. The lowest BCUT2D eigenvalue weighted by atomic mass is 9.96. The Hall–Kier alpha value is -1.06. The van der Waals surface area contributed by atoms with Gasteiger partial charge in [0.15, 0.2) is 0 Å². The van der Waals surface area contributed by atoms with Crippen LogP contribution in [0.15, 0.2) is 24.3 Å². The molecule has 1 N–H and O–H groups in total. The van der Waals surface area contributed by atoms with Crippen molar-refractivity contribution in [3.63, 3.8) is 0 Å². The molecule has 1 fully saturated rings. The fraction of sp³-hybridized carbons (Fsp3) is 0.600. The molecule has 1 aromatic carbocycles. The van der Waals surface area contributed by atoms with Gasteiger partial charge in [-0.25, -0.2) is 0 Å². The Labute approximate surface area is 109 Å². The van der Waals surface area contributed by atoms with E-state index >= 15 is 0 Å². The minimum Gasteiger partial charge on any atom is -0.384 e. The van der Waals surface area contributed by atoms with Gasteiger partial charge in [0.25, 0.3) is 0 Å². The fourth-order valence-electron chi connectivity index (χ4n) is 3.00. The number of hydrogen-bond acceptors (Lipinski definition) is 3. The van der Waals surface area contributed by atoms with Crippen LogP contribution in [0.3, 0.4) is 0 Å². The number of fused-ring (bicyclic) bond motifs is 1. The number of para-hydroxylation sites is 1. The van der Waals surface area contributed by atoms with Crippen LogP contribution in [0, 0.1) is 0 Å². The van der Waals surface area contributed by atoms with E-state index < -0.39 is 0 Å². The van der Waals surface area contributed by atoms with Crippen LogP contribution in [0.1, 0.15) is 24.3 Å². The molecule has 0 amide bonds. The molecule has 18 heavy (non-hydrogen) atoms. The van der Waals surface area contributed by atoms with E-state index in [0.717, 1.165) is 32.8 Å². The van der Waals surface area contributed by atoms with Gasteiger partial charge in [-0.05, 0) is 31.0 Å². The molecule has 0 aromatic heterocycles. The molecule has 0 saturated carbocycles. The number of anilines is 1. The first-order valence-electron chi connectivity index (χ1n) is 7.06. The van der Waals surface area contributed by atoms with E-state index in [-0.39, 0.29) is 0 Å². The van der Waals surface area contributed by atoms with Crippen LogP contribution in [-0.4, -0.2) is 44.3 Å². The standard InChI is InChI=1S/C15H22N2O/c1-2-6-15-14(5-1)13(12-16-15)4-3-7-17-8-10-18-11-9-17/h1-2,5-6,13,16H,3-4,7-12H2. The van der Waals surface area contributed by atoms with E-state index in [4.69, 9.17) is 4.74 Å². The third kappa shape index (κ3) is 2.68. The average molecular weight is 246 g/mol. The normalized spacial score (nSPS) is 23.7. The molecular weight excluding hydrogens is 224 g/mol. The maximum Gasteiger partial charge on any atom is 0.0594 e. The van der Waals surface area contributed by atoms with E-state index in [1.54, 1.807) is 0 Å². The first-order valence-corrected chi connectivity index (χ1v) is 7.06. The second-order valence-electron chi connectivity index (χ2n) is 5.26. The molecule has 1 unspecified atom stereocenters. The minimum atomic E-state index is 0.710. The third-order valence-corrected chi connectivity index (χ3v) is 4.07. The molecule has 0 aliphatic carbocycles. The Balaban J connectivity index is 1.47. The van der Waals surface area contributed by atoms with Crippen LogP contribution >= 0.6 is 0 Å². The Morgan fingerprint density at radius 3 is 2.94 bits per heavy atom. The lowest BCUT2D eigenvalue weighted by Crippen LogP contribution is -2.36. The van der Waals surface area contributed by atoms with Crippen molar-refractivity contribution in [3.05, 3.63) is 29.8 Å². The highest BCUT2D eigenvalue weighted by atomic mass is 16.5. The zero-order chi connectivity index (χ0) is 12.2. The van der Waals surface area contributed by atoms with Crippen LogP contribution in [-0.2, 0) is 4.74 Å². The molecule has 98 valence electrons. The summed E-state index contributed by atoms with van der Waals surface area (Å²) in [5, 5.41) is 3.51. The Morgan fingerprint density at radius 2 is 2.06 bits per heavy atom. The first kappa shape index (κ1) is 12.0. The van der Waals surface area contributed by atoms with Crippen molar-refractivity contribution in [2.45, 2.75) is 18.8 Å². The summed E-state index contributed by atoms with van der Waals surface area (Å²) in [5.41, 5.74) is 2.85. The van der Waals surface area contributed by atoms with Gasteiger partial charge < -0.3 is 10.1 Å². The first-order chi connectivity index (χ1) is 8.93. The molecular formula is C15H22N2O. The zero-order valence-corrected chi connectivity index (χ0v) is 10.9. The van der Waals surface area contributed by atoms with E-state index in [2.05, 4.69) is 34.5 Å². The van der Waals surface area contributed by atoms with Gasteiger partial charge in [-0.3, -0.25) is 4.90 Å². The second kappa shape index (κ2) is 5.72. The van der Waals surface area contributed by atoms with E-state index in [0.29, 0.717) is 5.92 Å². The summed E-state index contributed by atoms with van der Waals surface area (Å²) in [6.07, 6.45) is 2.59. The highest BCUT2D eigenvalue weighted by Gasteiger charge is 2.21. The summed E-state index contributed by atoms with van der Waals surface area (Å²) in [7, 11) is 0. The molecule has 3 heteroatoms. The summed E-state index contributed by atoms with van der Waals surface area (Å²) in [4.78, 5) is 2.53. The van der Waals surface area contributed by atoms with E-state index in [1.165, 1.54) is 30.6 Å². The fourth-order valence-corrected chi connectivity index (χ4v) is 3.00. The molecule has 0 bridgehead atoms. The Morgan fingerprint density at radius 1 is 1.22 bits per heavy atom. The van der Waals surface area contributed by atoms with Crippen molar-refractivity contribution in [2.24, 2.45) is 0 Å². The molecule has 1 atom stereocenters. The monoisotopic (exact) mass is 246 g/mol. The van der Waals surface area contributed by atoms with Gasteiger partial charge in [-0.15, -0.1) is 0 Å². The van der Waals surface area contributed by atoms with Crippen LogP contribution in [0.2, 0.25) is 0 Å². The number of nitrogens with one attached hydrogen (secondary N) is 1. The summed E-state index contributed by atoms with van der Waals surface area (Å²) >= 11 is 0. The summed E-state index contributed by atoms with van der Waals surface area (Å²) < 4.78 is 5.37. The lowest BCUT2D eigenvalue weighted by Gasteiger charge is -2.26. The molecule has 0 radical (unpaired) electrons. The van der Waals surface area contributed by atoms with Gasteiger partial charge >= 0.3 is 0 Å². The number of rotatable bonds is 4. The molecule has 2 aliphatic heterocycles. The van der Waals surface area contributed by atoms with Crippen LogP contribution < -0.4 is 5.32 Å². The second-order valence-corrected chi connectivity index (χ2v) is 5.26. The minimum absolute atomic E-state index is 0.710. The van der Waals surface area contributed by atoms with Gasteiger partial charge in [0.05, 0.1) is 13.2 Å². The molecule has 1 aromatic rings. The maximum atomic E-state index is 5.37. The van der Waals surface area contributed by atoms with Crippen LogP contribution in [0.25, 0.3) is 0 Å². The topological polar surface area (TPSA) is 24.5 Å². The highest BCUT2D eigenvalue weighted by molar-refractivity contribution is 5.57. The van der Waals surface area contributed by atoms with Gasteiger partial charge in [-0.2, -0.15) is 0 Å². The molecule has 3 rings (SSSR count). The van der Waals surface area contributed by atoms with Crippen LogP contribution in [0.5, 0.6) is 0 Å². The predicted octanol–water partition coefficient (Wildman–Crippen LogP) is 2.31. The molecule has 2 heterocycles. The zero-order valence-electron chi connectivity index (χ0n) is 10.9. The van der Waals surface area contributed by atoms with E-state index in [9.17, 15) is 0 Å². The van der Waals surface area contributed by atoms with Crippen molar-refractivity contribution in [1.82, 2.24) is 4.90 Å². The van der Waals surface area contributed by atoms with Gasteiger partial charge in [0, 0.05) is 31.2 Å². The van der Waals surface area contributed by atoms with Crippen molar-refractivity contribution < 1.29 is 4.74 Å². The smallest absolute Gasteiger partial charge is 0.0594 e. The number of hydrogen-bond donors (Lipinski definition) is 1. The Bertz CT molecular complexity index is 388. The SMILES string of the molecule is c1ccc2c(c1)NCC2CCCN1CCOCC1. The number of ether oxygens (including phenoxy) is 1. The summed E-state index contributed by atoms with van der Waals surface area (Å²) in [6, 6.07) is 8.73. The maximum absolute atomic E-state index is 5.37. The van der Waals surface area contributed by atoms with Gasteiger partial charge in [0.2, 0.25) is 0 Å². The predicted molar refractivity (Wildman–Crippen MR) is 74.2 cm³/mol. The van der Waals surface area contributed by atoms with Crippen LogP contribution in [0.4, 0.5) is 5.69 Å². The molecule has 1 saturated heterocycles. The lowest BCUT2D eigenvalue weighted by molar-refractivity contribution is 0.0370. The van der Waals surface area contributed by atoms with Crippen molar-refractivity contribution in [3.8, 4) is 0 Å². The van der Waals surface area contributed by atoms with Gasteiger partial charge in [-0.1, -0.05) is 18.2 Å². The average Bonchev–Trinajstić information content (AvgIpc) is 2.84. The number of morpholine rings is 1. The third-order valence-electron chi connectivity index (χ3n) is 4.07. The van der Waals surface area contributed by atoms with Crippen molar-refractivity contribution in [2.75, 3.05) is 44.7 Å².